The van der Waals surface area contributed by atoms with E-state index in [1.807, 2.05) is 39.0 Å². The molecule has 10 nitrogen and oxygen atoms in total. The van der Waals surface area contributed by atoms with E-state index in [1.54, 1.807) is 27.0 Å². The molecule has 0 saturated carbocycles. The molecule has 0 aliphatic heterocycles. The third-order valence-corrected chi connectivity index (χ3v) is 6.96. The Morgan fingerprint density at radius 3 is 1.95 bits per heavy atom. The van der Waals surface area contributed by atoms with Gasteiger partial charge in [0.05, 0.1) is 10.9 Å². The number of rotatable bonds is 8. The number of nitrogens with zero attached hydrogens (tertiary/aromatic N) is 2. The average molecular weight is 716 g/mol. The van der Waals surface area contributed by atoms with Gasteiger partial charge in [-0.15, -0.1) is 0 Å². The molecule has 42 heavy (non-hydrogen) atoms. The summed E-state index contributed by atoms with van der Waals surface area (Å²) in [7, 11) is 0. The Labute approximate surface area is 264 Å². The van der Waals surface area contributed by atoms with Gasteiger partial charge in [0.2, 0.25) is 0 Å². The Kier molecular flexibility index (Phi) is 11.2. The minimum absolute atomic E-state index is 0.261. The fourth-order valence-electron chi connectivity index (χ4n) is 3.81. The second-order valence-corrected chi connectivity index (χ2v) is 14.4. The van der Waals surface area contributed by atoms with Gasteiger partial charge in [0.1, 0.15) is 23.4 Å². The van der Waals surface area contributed by atoms with Crippen molar-refractivity contribution in [3.63, 3.8) is 0 Å². The van der Waals surface area contributed by atoms with Crippen molar-refractivity contribution in [3.8, 4) is 0 Å². The third kappa shape index (κ3) is 10.2. The zero-order valence-corrected chi connectivity index (χ0v) is 29.0. The van der Waals surface area contributed by atoms with Crippen LogP contribution in [0.1, 0.15) is 81.2 Å². The lowest BCUT2D eigenvalue weighted by Crippen LogP contribution is -2.48. The first-order valence-corrected chi connectivity index (χ1v) is 15.2. The fraction of sp³-hybridized carbons (Fsp3) is 0.567. The van der Waals surface area contributed by atoms with E-state index in [4.69, 9.17) is 18.9 Å². The van der Waals surface area contributed by atoms with Crippen LogP contribution in [0.2, 0.25) is 0 Å². The Balaban J connectivity index is 2.13. The molecule has 0 radical (unpaired) electrons. The van der Waals surface area contributed by atoms with E-state index in [0.717, 1.165) is 16.3 Å². The maximum absolute atomic E-state index is 13.4. The highest BCUT2D eigenvalue weighted by Crippen LogP contribution is 2.36. The number of anilines is 1. The van der Waals surface area contributed by atoms with E-state index in [1.165, 1.54) is 32.6 Å². The summed E-state index contributed by atoms with van der Waals surface area (Å²) in [6.45, 7) is 16.2. The van der Waals surface area contributed by atoms with E-state index < -0.39 is 46.3 Å². The number of aromatic nitrogens is 1. The van der Waals surface area contributed by atoms with Crippen LogP contribution in [-0.2, 0) is 38.7 Å². The van der Waals surface area contributed by atoms with Crippen LogP contribution in [0.4, 0.5) is 10.6 Å². The van der Waals surface area contributed by atoms with Crippen LogP contribution in [-0.4, -0.2) is 57.9 Å². The molecule has 0 fully saturated rings. The van der Waals surface area contributed by atoms with E-state index >= 15 is 0 Å². The van der Waals surface area contributed by atoms with Gasteiger partial charge in [-0.25, -0.2) is 19.4 Å². The number of halogens is 2. The average Bonchev–Trinajstić information content (AvgIpc) is 2.81. The van der Waals surface area contributed by atoms with Gasteiger partial charge in [0, 0.05) is 27.8 Å². The van der Waals surface area contributed by atoms with E-state index in [2.05, 4.69) is 36.8 Å². The lowest BCUT2D eigenvalue weighted by atomic mass is 10.1. The summed E-state index contributed by atoms with van der Waals surface area (Å²) in [6, 6.07) is 5.94. The van der Waals surface area contributed by atoms with Crippen molar-refractivity contribution in [1.29, 1.82) is 0 Å². The van der Waals surface area contributed by atoms with Crippen LogP contribution in [0.25, 0.3) is 10.8 Å². The van der Waals surface area contributed by atoms with Gasteiger partial charge in [-0.05, 0) is 96.8 Å². The van der Waals surface area contributed by atoms with Crippen LogP contribution in [0.15, 0.2) is 28.9 Å². The maximum atomic E-state index is 13.4. The Morgan fingerprint density at radius 1 is 0.857 bits per heavy atom. The third-order valence-electron chi connectivity index (χ3n) is 5.53. The van der Waals surface area contributed by atoms with Crippen molar-refractivity contribution in [2.45, 2.75) is 103 Å². The minimum atomic E-state index is -1.39. The number of hydrogen-bond acceptors (Lipinski definition) is 9. The van der Waals surface area contributed by atoms with Crippen molar-refractivity contribution < 1.29 is 38.1 Å². The molecule has 1 amide bonds. The molecule has 1 aromatic carbocycles. The van der Waals surface area contributed by atoms with Crippen LogP contribution in [0.5, 0.6) is 0 Å². The number of ether oxygens (including phenoxy) is 4. The highest BCUT2D eigenvalue weighted by molar-refractivity contribution is 9.10. The van der Waals surface area contributed by atoms with Crippen LogP contribution in [0, 0.1) is 0 Å². The van der Waals surface area contributed by atoms with Crippen molar-refractivity contribution in [2.24, 2.45) is 0 Å². The molecule has 0 unspecified atom stereocenters. The zero-order valence-electron chi connectivity index (χ0n) is 25.8. The normalized spacial score (nSPS) is 12.5. The molecule has 0 N–H and O–H groups in total. The van der Waals surface area contributed by atoms with Crippen molar-refractivity contribution in [1.82, 2.24) is 4.98 Å². The van der Waals surface area contributed by atoms with Crippen LogP contribution >= 0.6 is 31.9 Å². The van der Waals surface area contributed by atoms with Gasteiger partial charge >= 0.3 is 24.0 Å². The molecule has 1 aromatic heterocycles. The Bertz CT molecular complexity index is 1340. The predicted molar refractivity (Wildman–Crippen MR) is 166 cm³/mol. The van der Waals surface area contributed by atoms with Crippen LogP contribution in [0.3, 0.4) is 0 Å². The number of carbonyl (C=O) groups is 4. The van der Waals surface area contributed by atoms with E-state index in [0.29, 0.717) is 15.6 Å². The van der Waals surface area contributed by atoms with Crippen molar-refractivity contribution in [3.05, 3.63) is 34.4 Å². The number of carbonyl (C=O) groups excluding carboxylic acids is 4. The summed E-state index contributed by atoms with van der Waals surface area (Å²) in [5, 5.41) is 2.44. The van der Waals surface area contributed by atoms with Gasteiger partial charge in [0.25, 0.3) is 0 Å². The number of hydrogen-bond donors (Lipinski definition) is 0. The number of esters is 3. The van der Waals surface area contributed by atoms with Gasteiger partial charge in [-0.1, -0.05) is 28.1 Å². The number of alkyl halides is 1. The number of benzene rings is 1. The molecule has 0 bridgehead atoms. The molecule has 12 heteroatoms. The van der Waals surface area contributed by atoms with Crippen molar-refractivity contribution >= 4 is 72.5 Å². The fourth-order valence-corrected chi connectivity index (χ4v) is 4.78. The van der Waals surface area contributed by atoms with Gasteiger partial charge in [-0.2, -0.15) is 0 Å². The largest absolute Gasteiger partial charge is 0.460 e. The molecule has 0 atom stereocenters. The first kappa shape index (κ1) is 35.5. The molecular weight excluding hydrogens is 676 g/mol. The second kappa shape index (κ2) is 13.3. The SMILES string of the molecule is CC(C)(C)OC(=O)CC(C)(C)OC(=O)C(=O)OC(C)(C)COC(=O)N(c1ncc2ccc(CBr)cc2c1Br)C(C)(C)C. The van der Waals surface area contributed by atoms with Gasteiger partial charge in [0.15, 0.2) is 5.82 Å². The van der Waals surface area contributed by atoms with E-state index in [-0.39, 0.29) is 13.0 Å². The molecule has 0 aliphatic rings. The summed E-state index contributed by atoms with van der Waals surface area (Å²) in [5.74, 6) is -2.80. The monoisotopic (exact) mass is 714 g/mol. The Morgan fingerprint density at radius 2 is 1.43 bits per heavy atom. The lowest BCUT2D eigenvalue weighted by molar-refractivity contribution is -0.186. The molecular formula is C30H40Br2N2O8. The highest BCUT2D eigenvalue weighted by atomic mass is 79.9. The second-order valence-electron chi connectivity index (χ2n) is 13.1. The lowest BCUT2D eigenvalue weighted by Gasteiger charge is -2.35. The zero-order chi connectivity index (χ0) is 32.3. The first-order valence-electron chi connectivity index (χ1n) is 13.3. The molecule has 1 heterocycles. The van der Waals surface area contributed by atoms with Crippen LogP contribution < -0.4 is 4.90 Å². The molecule has 0 saturated heterocycles. The quantitative estimate of drug-likeness (QED) is 0.123. The Hall–Kier alpha value is -2.73. The topological polar surface area (TPSA) is 121 Å². The highest BCUT2D eigenvalue weighted by Gasteiger charge is 2.37. The smallest absolute Gasteiger partial charge is 0.418 e. The summed E-state index contributed by atoms with van der Waals surface area (Å²) < 4.78 is 22.0. The van der Waals surface area contributed by atoms with Crippen molar-refractivity contribution in [2.75, 3.05) is 11.5 Å². The van der Waals surface area contributed by atoms with Gasteiger partial charge < -0.3 is 18.9 Å². The first-order chi connectivity index (χ1) is 19.0. The molecule has 0 aliphatic carbocycles. The maximum Gasteiger partial charge on any atom is 0.418 e. The predicted octanol–water partition coefficient (Wildman–Crippen LogP) is 7.01. The van der Waals surface area contributed by atoms with E-state index in [9.17, 15) is 19.2 Å². The minimum Gasteiger partial charge on any atom is -0.460 e. The number of amides is 1. The molecule has 2 aromatic rings. The summed E-state index contributed by atoms with van der Waals surface area (Å²) in [4.78, 5) is 56.5. The summed E-state index contributed by atoms with van der Waals surface area (Å²) >= 11 is 7.09. The summed E-state index contributed by atoms with van der Waals surface area (Å²) in [6.07, 6.45) is 0.695. The molecule has 2 rings (SSSR count). The number of fused-ring (bicyclic) bond motifs is 1. The molecule has 0 spiro atoms. The number of pyridine rings is 1. The summed E-state index contributed by atoms with van der Waals surface area (Å²) in [5.41, 5.74) is -3.10. The molecule has 232 valence electrons. The standard InChI is InChI=1S/C30H40Br2N2O8/c1-27(2,3)34(23-22(32)20-13-18(15-31)11-12-19(20)16-33-23)26(38)39-17-30(9,10)42-25(37)24(36)41-29(7,8)14-21(35)40-28(4,5)6/h11-13,16H,14-15,17H2,1-10H3. The van der Waals surface area contributed by atoms with Gasteiger partial charge in [-0.3, -0.25) is 9.69 Å².